The lowest BCUT2D eigenvalue weighted by Crippen LogP contribution is -2.06. The molecule has 18 heavy (non-hydrogen) atoms. The Hall–Kier alpha value is -1.32. The quantitative estimate of drug-likeness (QED) is 0.922. The van der Waals surface area contributed by atoms with Crippen molar-refractivity contribution in [2.24, 2.45) is 5.73 Å². The number of halogens is 1. The molecule has 0 bridgehead atoms. The minimum absolute atomic E-state index is 0.385. The molecule has 0 spiro atoms. The predicted molar refractivity (Wildman–Crippen MR) is 75.3 cm³/mol. The lowest BCUT2D eigenvalue weighted by molar-refractivity contribution is 0.724. The van der Waals surface area contributed by atoms with Crippen molar-refractivity contribution in [3.63, 3.8) is 0 Å². The van der Waals surface area contributed by atoms with Gasteiger partial charge in [0, 0.05) is 17.3 Å². The minimum Gasteiger partial charge on any atom is -0.325 e. The van der Waals surface area contributed by atoms with Crippen LogP contribution >= 0.6 is 11.6 Å². The van der Waals surface area contributed by atoms with Crippen LogP contribution in [-0.4, -0.2) is 9.78 Å². The van der Waals surface area contributed by atoms with Gasteiger partial charge < -0.3 is 5.73 Å². The van der Waals surface area contributed by atoms with Crippen LogP contribution in [-0.2, 0) is 6.54 Å². The van der Waals surface area contributed by atoms with E-state index in [1.807, 2.05) is 29.8 Å². The van der Waals surface area contributed by atoms with E-state index in [0.29, 0.717) is 12.5 Å². The number of aromatic nitrogens is 2. The van der Waals surface area contributed by atoms with E-state index < -0.39 is 0 Å². The van der Waals surface area contributed by atoms with Crippen LogP contribution in [0.2, 0.25) is 5.02 Å². The number of rotatable bonds is 3. The summed E-state index contributed by atoms with van der Waals surface area (Å²) in [6.45, 7) is 6.75. The van der Waals surface area contributed by atoms with E-state index in [4.69, 9.17) is 17.3 Å². The fraction of sp³-hybridized carbons (Fsp3) is 0.357. The van der Waals surface area contributed by atoms with Gasteiger partial charge in [0.15, 0.2) is 0 Å². The molecular formula is C14H18ClN3. The first kappa shape index (κ1) is 13.1. The number of hydrogen-bond acceptors (Lipinski definition) is 2. The van der Waals surface area contributed by atoms with Crippen LogP contribution in [0.4, 0.5) is 0 Å². The second-order valence-corrected chi connectivity index (χ2v) is 5.12. The molecule has 0 amide bonds. The number of hydrogen-bond donors (Lipinski definition) is 1. The first-order valence-corrected chi connectivity index (χ1v) is 6.46. The van der Waals surface area contributed by atoms with E-state index >= 15 is 0 Å². The van der Waals surface area contributed by atoms with Gasteiger partial charge in [-0.05, 0) is 36.6 Å². The SMILES string of the molecule is Cc1c(Cl)cccc1-n1nc(CN)cc1C(C)C. The molecular weight excluding hydrogens is 246 g/mol. The van der Waals surface area contributed by atoms with Gasteiger partial charge in [0.1, 0.15) is 0 Å². The lowest BCUT2D eigenvalue weighted by atomic mass is 10.1. The lowest BCUT2D eigenvalue weighted by Gasteiger charge is -2.13. The Bertz CT molecular complexity index is 558. The van der Waals surface area contributed by atoms with E-state index in [-0.39, 0.29) is 0 Å². The molecule has 2 N–H and O–H groups in total. The van der Waals surface area contributed by atoms with Gasteiger partial charge in [-0.3, -0.25) is 0 Å². The molecule has 1 heterocycles. The zero-order chi connectivity index (χ0) is 13.3. The number of benzene rings is 1. The van der Waals surface area contributed by atoms with Crippen LogP contribution in [0.25, 0.3) is 5.69 Å². The molecule has 4 heteroatoms. The van der Waals surface area contributed by atoms with Gasteiger partial charge in [-0.15, -0.1) is 0 Å². The van der Waals surface area contributed by atoms with Crippen LogP contribution in [0, 0.1) is 6.92 Å². The first-order valence-electron chi connectivity index (χ1n) is 6.09. The molecule has 0 aliphatic carbocycles. The second-order valence-electron chi connectivity index (χ2n) is 4.72. The average molecular weight is 264 g/mol. The van der Waals surface area contributed by atoms with Gasteiger partial charge in [0.2, 0.25) is 0 Å². The van der Waals surface area contributed by atoms with Crippen molar-refractivity contribution in [3.8, 4) is 5.69 Å². The molecule has 0 unspecified atom stereocenters. The summed E-state index contributed by atoms with van der Waals surface area (Å²) >= 11 is 6.17. The molecule has 0 aliphatic heterocycles. The summed E-state index contributed by atoms with van der Waals surface area (Å²) in [4.78, 5) is 0. The van der Waals surface area contributed by atoms with Crippen LogP contribution < -0.4 is 5.73 Å². The van der Waals surface area contributed by atoms with Crippen molar-refractivity contribution in [2.45, 2.75) is 33.2 Å². The topological polar surface area (TPSA) is 43.8 Å². The maximum atomic E-state index is 6.17. The van der Waals surface area contributed by atoms with E-state index in [0.717, 1.165) is 27.7 Å². The predicted octanol–water partition coefficient (Wildman–Crippen LogP) is 3.42. The Morgan fingerprint density at radius 1 is 1.39 bits per heavy atom. The van der Waals surface area contributed by atoms with Gasteiger partial charge in [0.25, 0.3) is 0 Å². The van der Waals surface area contributed by atoms with Crippen LogP contribution in [0.15, 0.2) is 24.3 Å². The Balaban J connectivity index is 2.62. The highest BCUT2D eigenvalue weighted by Crippen LogP contribution is 2.26. The minimum atomic E-state index is 0.385. The van der Waals surface area contributed by atoms with Gasteiger partial charge in [0.05, 0.1) is 11.4 Å². The highest BCUT2D eigenvalue weighted by atomic mass is 35.5. The maximum Gasteiger partial charge on any atom is 0.0767 e. The van der Waals surface area contributed by atoms with Crippen molar-refractivity contribution < 1.29 is 0 Å². The Labute approximate surface area is 113 Å². The first-order chi connectivity index (χ1) is 8.54. The van der Waals surface area contributed by atoms with Crippen molar-refractivity contribution in [2.75, 3.05) is 0 Å². The normalized spacial score (nSPS) is 11.2. The Morgan fingerprint density at radius 2 is 2.11 bits per heavy atom. The summed E-state index contributed by atoms with van der Waals surface area (Å²) in [5.41, 5.74) is 9.79. The molecule has 0 saturated heterocycles. The Morgan fingerprint density at radius 3 is 2.72 bits per heavy atom. The Kier molecular flexibility index (Phi) is 3.73. The third-order valence-corrected chi connectivity index (χ3v) is 3.46. The van der Waals surface area contributed by atoms with E-state index in [2.05, 4.69) is 25.0 Å². The zero-order valence-electron chi connectivity index (χ0n) is 10.9. The van der Waals surface area contributed by atoms with Crippen LogP contribution in [0.5, 0.6) is 0 Å². The summed E-state index contributed by atoms with van der Waals surface area (Å²) in [7, 11) is 0. The molecule has 1 aromatic heterocycles. The zero-order valence-corrected chi connectivity index (χ0v) is 11.7. The number of nitrogens with two attached hydrogens (primary N) is 1. The average Bonchev–Trinajstić information content (AvgIpc) is 2.77. The van der Waals surface area contributed by atoms with E-state index in [1.54, 1.807) is 0 Å². The summed E-state index contributed by atoms with van der Waals surface area (Å²) in [5, 5.41) is 5.31. The smallest absolute Gasteiger partial charge is 0.0767 e. The molecule has 2 aromatic rings. The van der Waals surface area contributed by atoms with Crippen molar-refractivity contribution >= 4 is 11.6 Å². The molecule has 0 saturated carbocycles. The highest BCUT2D eigenvalue weighted by Gasteiger charge is 2.14. The number of nitrogens with zero attached hydrogens (tertiary/aromatic N) is 2. The summed E-state index contributed by atoms with van der Waals surface area (Å²) in [5.74, 6) is 0.385. The molecule has 1 aromatic carbocycles. The van der Waals surface area contributed by atoms with Crippen molar-refractivity contribution in [3.05, 3.63) is 46.2 Å². The molecule has 0 atom stereocenters. The molecule has 3 nitrogen and oxygen atoms in total. The summed E-state index contributed by atoms with van der Waals surface area (Å²) < 4.78 is 1.95. The summed E-state index contributed by atoms with van der Waals surface area (Å²) in [6, 6.07) is 7.92. The van der Waals surface area contributed by atoms with Gasteiger partial charge in [-0.25, -0.2) is 4.68 Å². The van der Waals surface area contributed by atoms with Crippen molar-refractivity contribution in [1.29, 1.82) is 0 Å². The van der Waals surface area contributed by atoms with Crippen molar-refractivity contribution in [1.82, 2.24) is 9.78 Å². The largest absolute Gasteiger partial charge is 0.325 e. The second kappa shape index (κ2) is 5.12. The third-order valence-electron chi connectivity index (χ3n) is 3.06. The van der Waals surface area contributed by atoms with Crippen LogP contribution in [0.3, 0.4) is 0 Å². The van der Waals surface area contributed by atoms with Crippen LogP contribution in [0.1, 0.15) is 36.7 Å². The molecule has 96 valence electrons. The van der Waals surface area contributed by atoms with Gasteiger partial charge >= 0.3 is 0 Å². The molecule has 0 aliphatic rings. The van der Waals surface area contributed by atoms with Gasteiger partial charge in [-0.2, -0.15) is 5.10 Å². The van der Waals surface area contributed by atoms with Gasteiger partial charge in [-0.1, -0.05) is 31.5 Å². The fourth-order valence-electron chi connectivity index (χ4n) is 1.98. The highest BCUT2D eigenvalue weighted by molar-refractivity contribution is 6.31. The summed E-state index contributed by atoms with van der Waals surface area (Å²) in [6.07, 6.45) is 0. The fourth-order valence-corrected chi connectivity index (χ4v) is 2.15. The molecule has 2 rings (SSSR count). The maximum absolute atomic E-state index is 6.17. The van der Waals surface area contributed by atoms with E-state index in [1.165, 1.54) is 0 Å². The van der Waals surface area contributed by atoms with E-state index in [9.17, 15) is 0 Å². The molecule has 0 radical (unpaired) electrons. The third kappa shape index (κ3) is 2.28. The monoisotopic (exact) mass is 263 g/mol. The standard InChI is InChI=1S/C14H18ClN3/c1-9(2)14-7-11(8-16)17-18(14)13-6-4-5-12(15)10(13)3/h4-7,9H,8,16H2,1-3H3. The molecule has 0 fully saturated rings.